The molecule has 0 bridgehead atoms. The highest BCUT2D eigenvalue weighted by atomic mass is 32.2. The predicted octanol–water partition coefficient (Wildman–Crippen LogP) is 2.14. The molecule has 7 heteroatoms. The van der Waals surface area contributed by atoms with Gasteiger partial charge in [-0.2, -0.15) is 0 Å². The maximum atomic E-state index is 12.4. The highest BCUT2D eigenvalue weighted by Crippen LogP contribution is 2.28. The lowest BCUT2D eigenvalue weighted by Crippen LogP contribution is -2.34. The van der Waals surface area contributed by atoms with Gasteiger partial charge in [0.15, 0.2) is 0 Å². The number of rotatable bonds is 4. The maximum Gasteiger partial charge on any atom is 0.269 e. The van der Waals surface area contributed by atoms with Crippen molar-refractivity contribution in [2.45, 2.75) is 17.7 Å². The Morgan fingerprint density at radius 2 is 1.83 bits per heavy atom. The molecule has 0 radical (unpaired) electrons. The van der Waals surface area contributed by atoms with Crippen LogP contribution in [0.2, 0.25) is 0 Å². The largest absolute Gasteiger partial charge is 0.342 e. The minimum atomic E-state index is -0.414. The molecule has 2 aliphatic heterocycles. The van der Waals surface area contributed by atoms with E-state index >= 15 is 0 Å². The van der Waals surface area contributed by atoms with Crippen LogP contribution in [0.5, 0.6) is 0 Å². The molecule has 3 rings (SSSR count). The third-order valence-electron chi connectivity index (χ3n) is 4.78. The number of amides is 1. The van der Waals surface area contributed by atoms with Gasteiger partial charge in [0.1, 0.15) is 0 Å². The molecule has 6 nitrogen and oxygen atoms in total. The van der Waals surface area contributed by atoms with E-state index in [2.05, 4.69) is 5.32 Å². The molecular weight excluding hydrogens is 314 g/mol. The van der Waals surface area contributed by atoms with Crippen LogP contribution in [0.15, 0.2) is 29.2 Å². The quantitative estimate of drug-likeness (QED) is 0.518. The molecule has 2 atom stereocenters. The molecule has 0 unspecified atom stereocenters. The van der Waals surface area contributed by atoms with Crippen LogP contribution in [0, 0.1) is 22.0 Å². The van der Waals surface area contributed by atoms with Gasteiger partial charge in [-0.1, -0.05) is 0 Å². The van der Waals surface area contributed by atoms with Crippen LogP contribution in [-0.2, 0) is 4.79 Å². The first kappa shape index (κ1) is 16.3. The van der Waals surface area contributed by atoms with E-state index < -0.39 is 4.92 Å². The molecule has 2 aliphatic rings. The number of carbonyl (C=O) groups is 1. The number of fused-ring (bicyclic) bond motifs is 1. The van der Waals surface area contributed by atoms with Crippen molar-refractivity contribution < 1.29 is 9.72 Å². The monoisotopic (exact) mass is 335 g/mol. The van der Waals surface area contributed by atoms with Crippen LogP contribution >= 0.6 is 11.8 Å². The fraction of sp³-hybridized carbons (Fsp3) is 0.562. The van der Waals surface area contributed by atoms with Crippen LogP contribution in [0.3, 0.4) is 0 Å². The summed E-state index contributed by atoms with van der Waals surface area (Å²) < 4.78 is 0. The summed E-state index contributed by atoms with van der Waals surface area (Å²) in [5, 5.41) is 14.1. The summed E-state index contributed by atoms with van der Waals surface area (Å²) in [7, 11) is 0. The summed E-state index contributed by atoms with van der Waals surface area (Å²) >= 11 is 1.44. The Balaban J connectivity index is 1.50. The first-order valence-electron chi connectivity index (χ1n) is 7.99. The van der Waals surface area contributed by atoms with Crippen LogP contribution in [-0.4, -0.2) is 47.7 Å². The standard InChI is InChI=1S/C16H21N3O3S/c20-16(11-23-15-3-1-14(2-4-15)19(21)22)18-7-5-12-9-17-10-13(12)6-8-18/h1-4,12-13,17H,5-11H2/t12-,13+. The van der Waals surface area contributed by atoms with Crippen molar-refractivity contribution in [1.82, 2.24) is 10.2 Å². The summed E-state index contributed by atoms with van der Waals surface area (Å²) in [5.74, 6) is 2.00. The molecule has 0 spiro atoms. The highest BCUT2D eigenvalue weighted by molar-refractivity contribution is 8.00. The van der Waals surface area contributed by atoms with Crippen LogP contribution < -0.4 is 5.32 Å². The fourth-order valence-corrected chi connectivity index (χ4v) is 4.17. The summed E-state index contributed by atoms with van der Waals surface area (Å²) in [6.07, 6.45) is 2.18. The SMILES string of the molecule is O=C(CSc1ccc([N+](=O)[O-])cc1)N1CC[C@@H]2CNC[C@@H]2CC1. The van der Waals surface area contributed by atoms with Crippen LogP contribution in [0.4, 0.5) is 5.69 Å². The number of carbonyl (C=O) groups excluding carboxylic acids is 1. The molecule has 2 saturated heterocycles. The molecule has 0 aliphatic carbocycles. The number of nitrogens with zero attached hydrogens (tertiary/aromatic N) is 2. The number of benzene rings is 1. The zero-order chi connectivity index (χ0) is 16.2. The van der Waals surface area contributed by atoms with Gasteiger partial charge < -0.3 is 10.2 Å². The number of nitro groups is 1. The van der Waals surface area contributed by atoms with Crippen molar-refractivity contribution in [3.63, 3.8) is 0 Å². The number of hydrogen-bond acceptors (Lipinski definition) is 5. The van der Waals surface area contributed by atoms with Crippen molar-refractivity contribution in [3.8, 4) is 0 Å². The second-order valence-electron chi connectivity index (χ2n) is 6.18. The molecule has 2 fully saturated rings. The number of nitro benzene ring substituents is 1. The van der Waals surface area contributed by atoms with Gasteiger partial charge in [-0.3, -0.25) is 14.9 Å². The van der Waals surface area contributed by atoms with Crippen LogP contribution in [0.25, 0.3) is 0 Å². The third-order valence-corrected chi connectivity index (χ3v) is 5.78. The maximum absolute atomic E-state index is 12.4. The Hall–Kier alpha value is -1.60. The summed E-state index contributed by atoms with van der Waals surface area (Å²) in [5.41, 5.74) is 0.0772. The number of hydrogen-bond donors (Lipinski definition) is 1. The van der Waals surface area contributed by atoms with Gasteiger partial charge in [-0.05, 0) is 49.9 Å². The second-order valence-corrected chi connectivity index (χ2v) is 7.22. The zero-order valence-corrected chi connectivity index (χ0v) is 13.8. The molecule has 1 N–H and O–H groups in total. The summed E-state index contributed by atoms with van der Waals surface area (Å²) in [4.78, 5) is 25.5. The minimum absolute atomic E-state index is 0.0772. The lowest BCUT2D eigenvalue weighted by molar-refractivity contribution is -0.384. The number of likely N-dealkylation sites (tertiary alicyclic amines) is 1. The van der Waals surface area contributed by atoms with Gasteiger partial charge in [-0.15, -0.1) is 11.8 Å². The average Bonchev–Trinajstić information content (AvgIpc) is 2.91. The van der Waals surface area contributed by atoms with E-state index in [-0.39, 0.29) is 11.6 Å². The number of non-ortho nitro benzene ring substituents is 1. The van der Waals surface area contributed by atoms with Gasteiger partial charge in [0.25, 0.3) is 5.69 Å². The van der Waals surface area contributed by atoms with E-state index in [1.165, 1.54) is 23.9 Å². The van der Waals surface area contributed by atoms with Gasteiger partial charge in [0, 0.05) is 30.1 Å². The number of nitrogens with one attached hydrogen (secondary N) is 1. The Kier molecular flexibility index (Phi) is 5.17. The first-order chi connectivity index (χ1) is 11.1. The third kappa shape index (κ3) is 4.03. The Morgan fingerprint density at radius 3 is 2.39 bits per heavy atom. The van der Waals surface area contributed by atoms with Gasteiger partial charge in [0.05, 0.1) is 10.7 Å². The Bertz CT molecular complexity index is 564. The normalized spacial score (nSPS) is 24.1. The van der Waals surface area contributed by atoms with E-state index in [4.69, 9.17) is 0 Å². The first-order valence-corrected chi connectivity index (χ1v) is 8.98. The van der Waals surface area contributed by atoms with E-state index in [1.54, 1.807) is 12.1 Å². The smallest absolute Gasteiger partial charge is 0.269 e. The molecule has 0 aromatic heterocycles. The van der Waals surface area contributed by atoms with Gasteiger partial charge >= 0.3 is 0 Å². The van der Waals surface area contributed by atoms with Crippen molar-refractivity contribution in [2.75, 3.05) is 31.9 Å². The van der Waals surface area contributed by atoms with Gasteiger partial charge in [-0.25, -0.2) is 0 Å². The van der Waals surface area contributed by atoms with E-state index in [0.29, 0.717) is 5.75 Å². The predicted molar refractivity (Wildman–Crippen MR) is 89.5 cm³/mol. The van der Waals surface area contributed by atoms with Crippen LogP contribution in [0.1, 0.15) is 12.8 Å². The molecular formula is C16H21N3O3S. The van der Waals surface area contributed by atoms with E-state index in [9.17, 15) is 14.9 Å². The van der Waals surface area contributed by atoms with Gasteiger partial charge in [0.2, 0.25) is 5.91 Å². The molecule has 23 heavy (non-hydrogen) atoms. The number of thioether (sulfide) groups is 1. The molecule has 1 aromatic rings. The molecule has 0 saturated carbocycles. The van der Waals surface area contributed by atoms with E-state index in [0.717, 1.165) is 55.8 Å². The lowest BCUT2D eigenvalue weighted by Gasteiger charge is -2.20. The Labute approximate surface area is 139 Å². The fourth-order valence-electron chi connectivity index (χ4n) is 3.37. The van der Waals surface area contributed by atoms with Crippen molar-refractivity contribution in [2.24, 2.45) is 11.8 Å². The minimum Gasteiger partial charge on any atom is -0.342 e. The zero-order valence-electron chi connectivity index (χ0n) is 12.9. The molecule has 1 amide bonds. The van der Waals surface area contributed by atoms with Crippen molar-refractivity contribution >= 4 is 23.4 Å². The lowest BCUT2D eigenvalue weighted by atomic mass is 9.92. The Morgan fingerprint density at radius 1 is 1.22 bits per heavy atom. The van der Waals surface area contributed by atoms with Crippen molar-refractivity contribution in [1.29, 1.82) is 0 Å². The molecule has 124 valence electrons. The van der Waals surface area contributed by atoms with E-state index in [1.807, 2.05) is 4.90 Å². The topological polar surface area (TPSA) is 75.5 Å². The van der Waals surface area contributed by atoms with Crippen molar-refractivity contribution in [3.05, 3.63) is 34.4 Å². The summed E-state index contributed by atoms with van der Waals surface area (Å²) in [6.45, 7) is 3.87. The highest BCUT2D eigenvalue weighted by Gasteiger charge is 2.31. The second kappa shape index (κ2) is 7.31. The molecule has 1 aromatic carbocycles. The average molecular weight is 335 g/mol. The summed E-state index contributed by atoms with van der Waals surface area (Å²) in [6, 6.07) is 6.36. The molecule has 2 heterocycles.